The zero-order valence-electron chi connectivity index (χ0n) is 15.8. The SMILES string of the molecule is CC(C)(C)OC(=O)CN1CC[C@H]2[C@@H]1C(F)(F)CN2C(=O)OC(C)(C)C. The molecule has 0 aromatic carbocycles. The number of nitrogens with zero attached hydrogens (tertiary/aromatic N) is 2. The second-order valence-electron chi connectivity index (χ2n) is 8.73. The van der Waals surface area contributed by atoms with Gasteiger partial charge in [-0.2, -0.15) is 0 Å². The van der Waals surface area contributed by atoms with Crippen molar-refractivity contribution in [1.82, 2.24) is 9.80 Å². The zero-order chi connectivity index (χ0) is 19.2. The maximum atomic E-state index is 14.5. The summed E-state index contributed by atoms with van der Waals surface area (Å²) >= 11 is 0. The van der Waals surface area contributed by atoms with Gasteiger partial charge in [0.1, 0.15) is 11.2 Å². The molecule has 2 aliphatic rings. The first-order valence-electron chi connectivity index (χ1n) is 8.53. The molecule has 8 heteroatoms. The van der Waals surface area contributed by atoms with Crippen LogP contribution in [0.5, 0.6) is 0 Å². The predicted octanol–water partition coefficient (Wildman–Crippen LogP) is 2.66. The summed E-state index contributed by atoms with van der Waals surface area (Å²) in [6.45, 7) is 9.67. The predicted molar refractivity (Wildman–Crippen MR) is 87.5 cm³/mol. The van der Waals surface area contributed by atoms with Crippen molar-refractivity contribution in [2.24, 2.45) is 0 Å². The molecule has 0 unspecified atom stereocenters. The van der Waals surface area contributed by atoms with Crippen LogP contribution < -0.4 is 0 Å². The van der Waals surface area contributed by atoms with Gasteiger partial charge < -0.3 is 9.47 Å². The molecule has 25 heavy (non-hydrogen) atoms. The van der Waals surface area contributed by atoms with E-state index in [0.717, 1.165) is 4.90 Å². The second kappa shape index (κ2) is 6.37. The molecule has 0 bridgehead atoms. The van der Waals surface area contributed by atoms with E-state index in [1.807, 2.05) is 0 Å². The molecule has 1 amide bonds. The third-order valence-corrected chi connectivity index (χ3v) is 4.06. The largest absolute Gasteiger partial charge is 0.459 e. The summed E-state index contributed by atoms with van der Waals surface area (Å²) in [6, 6.07) is -1.85. The van der Waals surface area contributed by atoms with Crippen molar-refractivity contribution in [2.75, 3.05) is 19.6 Å². The lowest BCUT2D eigenvalue weighted by Crippen LogP contribution is -2.48. The van der Waals surface area contributed by atoms with Crippen LogP contribution in [0.1, 0.15) is 48.0 Å². The quantitative estimate of drug-likeness (QED) is 0.707. The highest BCUT2D eigenvalue weighted by atomic mass is 19.3. The van der Waals surface area contributed by atoms with Gasteiger partial charge in [-0.3, -0.25) is 14.6 Å². The van der Waals surface area contributed by atoms with Crippen molar-refractivity contribution in [3.8, 4) is 0 Å². The number of carbonyl (C=O) groups excluding carboxylic acids is 2. The molecule has 0 aromatic heterocycles. The number of likely N-dealkylation sites (tertiary alicyclic amines) is 2. The Hall–Kier alpha value is -1.44. The smallest absolute Gasteiger partial charge is 0.410 e. The summed E-state index contributed by atoms with van der Waals surface area (Å²) in [5.74, 6) is -3.64. The van der Waals surface area contributed by atoms with E-state index in [-0.39, 0.29) is 6.54 Å². The van der Waals surface area contributed by atoms with Crippen LogP contribution >= 0.6 is 0 Å². The number of halogens is 2. The third-order valence-electron chi connectivity index (χ3n) is 4.06. The number of hydrogen-bond acceptors (Lipinski definition) is 5. The van der Waals surface area contributed by atoms with Gasteiger partial charge in [0.05, 0.1) is 25.2 Å². The van der Waals surface area contributed by atoms with E-state index in [9.17, 15) is 18.4 Å². The van der Waals surface area contributed by atoms with Gasteiger partial charge in [-0.1, -0.05) is 0 Å². The molecular formula is C17H28F2N2O4. The summed E-state index contributed by atoms with van der Waals surface area (Å²) in [4.78, 5) is 26.8. The molecule has 2 atom stereocenters. The molecule has 0 saturated carbocycles. The fourth-order valence-electron chi connectivity index (χ4n) is 3.39. The van der Waals surface area contributed by atoms with Crippen LogP contribution in [0.3, 0.4) is 0 Å². The van der Waals surface area contributed by atoms with Crippen LogP contribution in [0.15, 0.2) is 0 Å². The second-order valence-corrected chi connectivity index (χ2v) is 8.73. The van der Waals surface area contributed by atoms with Crippen molar-refractivity contribution in [3.05, 3.63) is 0 Å². The Kier molecular flexibility index (Phi) is 5.07. The molecule has 2 saturated heterocycles. The van der Waals surface area contributed by atoms with Gasteiger partial charge in [0.15, 0.2) is 0 Å². The standard InChI is InChI=1S/C17H28F2N2O4/c1-15(2,3)24-12(22)9-20-8-7-11-13(20)17(18,19)10-21(11)14(23)25-16(4,5)6/h11,13H,7-10H2,1-6H3/t11-,13+/m0/s1. The Morgan fingerprint density at radius 3 is 2.16 bits per heavy atom. The van der Waals surface area contributed by atoms with Gasteiger partial charge in [0.2, 0.25) is 0 Å². The highest BCUT2D eigenvalue weighted by molar-refractivity contribution is 5.73. The molecule has 6 nitrogen and oxygen atoms in total. The molecule has 0 N–H and O–H groups in total. The molecule has 2 fully saturated rings. The first-order chi connectivity index (χ1) is 11.2. The van der Waals surface area contributed by atoms with Crippen LogP contribution in [-0.4, -0.2) is 70.7 Å². The lowest BCUT2D eigenvalue weighted by Gasteiger charge is -2.28. The van der Waals surface area contributed by atoms with Gasteiger partial charge in [-0.25, -0.2) is 13.6 Å². The van der Waals surface area contributed by atoms with Crippen LogP contribution in [0, 0.1) is 0 Å². The van der Waals surface area contributed by atoms with Crippen molar-refractivity contribution in [2.45, 2.75) is 77.2 Å². The normalized spacial score (nSPS) is 26.5. The first-order valence-corrected chi connectivity index (χ1v) is 8.53. The zero-order valence-corrected chi connectivity index (χ0v) is 15.8. The maximum absolute atomic E-state index is 14.5. The van der Waals surface area contributed by atoms with Crippen molar-refractivity contribution >= 4 is 12.1 Å². The average Bonchev–Trinajstić information content (AvgIpc) is 2.85. The summed E-state index contributed by atoms with van der Waals surface area (Å²) < 4.78 is 39.6. The molecule has 0 radical (unpaired) electrons. The topological polar surface area (TPSA) is 59.1 Å². The van der Waals surface area contributed by atoms with Crippen LogP contribution in [0.25, 0.3) is 0 Å². The number of ether oxygens (including phenoxy) is 2. The Labute approximate surface area is 147 Å². The van der Waals surface area contributed by atoms with Gasteiger partial charge >= 0.3 is 12.1 Å². The minimum atomic E-state index is -3.10. The highest BCUT2D eigenvalue weighted by Gasteiger charge is 2.61. The molecule has 144 valence electrons. The van der Waals surface area contributed by atoms with E-state index in [2.05, 4.69) is 0 Å². The number of rotatable bonds is 2. The number of fused-ring (bicyclic) bond motifs is 1. The van der Waals surface area contributed by atoms with Gasteiger partial charge in [0, 0.05) is 6.54 Å². The minimum absolute atomic E-state index is 0.212. The summed E-state index contributed by atoms with van der Waals surface area (Å²) in [7, 11) is 0. The Morgan fingerprint density at radius 2 is 1.64 bits per heavy atom. The highest BCUT2D eigenvalue weighted by Crippen LogP contribution is 2.42. The van der Waals surface area contributed by atoms with E-state index in [4.69, 9.17) is 9.47 Å². The molecule has 0 aliphatic carbocycles. The van der Waals surface area contributed by atoms with Crippen LogP contribution in [0.2, 0.25) is 0 Å². The molecule has 0 spiro atoms. The fourth-order valence-corrected chi connectivity index (χ4v) is 3.39. The minimum Gasteiger partial charge on any atom is -0.459 e. The first kappa shape index (κ1) is 19.9. The maximum Gasteiger partial charge on any atom is 0.410 e. The number of hydrogen-bond donors (Lipinski definition) is 0. The van der Waals surface area contributed by atoms with E-state index >= 15 is 0 Å². The van der Waals surface area contributed by atoms with Gasteiger partial charge in [-0.05, 0) is 48.0 Å². The van der Waals surface area contributed by atoms with Crippen LogP contribution in [0.4, 0.5) is 13.6 Å². The average molecular weight is 362 g/mol. The van der Waals surface area contributed by atoms with Crippen molar-refractivity contribution in [1.29, 1.82) is 0 Å². The van der Waals surface area contributed by atoms with Crippen molar-refractivity contribution < 1.29 is 27.8 Å². The molecule has 0 aromatic rings. The summed E-state index contributed by atoms with van der Waals surface area (Å²) in [6.07, 6.45) is -0.360. The van der Waals surface area contributed by atoms with E-state index in [1.165, 1.54) is 4.90 Å². The van der Waals surface area contributed by atoms with E-state index in [1.54, 1.807) is 41.5 Å². The number of esters is 1. The summed E-state index contributed by atoms with van der Waals surface area (Å²) in [5.41, 5.74) is -1.42. The van der Waals surface area contributed by atoms with Gasteiger partial charge in [0.25, 0.3) is 5.92 Å². The summed E-state index contributed by atoms with van der Waals surface area (Å²) in [5, 5.41) is 0. The number of carbonyl (C=O) groups is 2. The van der Waals surface area contributed by atoms with E-state index < -0.39 is 47.8 Å². The monoisotopic (exact) mass is 362 g/mol. The lowest BCUT2D eigenvalue weighted by atomic mass is 10.1. The van der Waals surface area contributed by atoms with E-state index in [0.29, 0.717) is 13.0 Å². The molecular weight excluding hydrogens is 334 g/mol. The molecule has 2 heterocycles. The lowest BCUT2D eigenvalue weighted by molar-refractivity contribution is -0.157. The van der Waals surface area contributed by atoms with Crippen molar-refractivity contribution in [3.63, 3.8) is 0 Å². The Morgan fingerprint density at radius 1 is 1.08 bits per heavy atom. The Balaban J connectivity index is 2.09. The Bertz CT molecular complexity index is 540. The number of amides is 1. The fraction of sp³-hybridized carbons (Fsp3) is 0.882. The third kappa shape index (κ3) is 4.80. The number of alkyl halides is 2. The molecule has 2 aliphatic heterocycles. The van der Waals surface area contributed by atoms with Crippen LogP contribution in [-0.2, 0) is 14.3 Å². The van der Waals surface area contributed by atoms with Gasteiger partial charge in [-0.15, -0.1) is 0 Å². The molecule has 2 rings (SSSR count).